The summed E-state index contributed by atoms with van der Waals surface area (Å²) in [5, 5.41) is 8.02. The zero-order valence-corrected chi connectivity index (χ0v) is 14.2. The van der Waals surface area contributed by atoms with E-state index in [4.69, 9.17) is 4.74 Å². The number of benzene rings is 1. The topological polar surface area (TPSA) is 75.3 Å². The third-order valence-electron chi connectivity index (χ3n) is 3.58. The van der Waals surface area contributed by atoms with Gasteiger partial charge >= 0.3 is 6.09 Å². The normalized spacial score (nSPS) is 12.9. The number of amides is 1. The Morgan fingerprint density at radius 1 is 1.30 bits per heavy atom. The Hall–Kier alpha value is -2.37. The van der Waals surface area contributed by atoms with E-state index in [2.05, 4.69) is 10.2 Å². The number of ether oxygens (including phenoxy) is 1. The second kappa shape index (κ2) is 6.40. The lowest BCUT2D eigenvalue weighted by atomic mass is 10.0. The molecule has 1 unspecified atom stereocenters. The van der Waals surface area contributed by atoms with Crippen LogP contribution in [-0.4, -0.2) is 33.8 Å². The van der Waals surface area contributed by atoms with E-state index >= 15 is 0 Å². The third-order valence-corrected chi connectivity index (χ3v) is 3.58. The molecular weight excluding hydrogens is 294 g/mol. The number of H-pyrrole nitrogens is 1. The van der Waals surface area contributed by atoms with Crippen LogP contribution in [0.3, 0.4) is 0 Å². The molecule has 0 fully saturated rings. The van der Waals surface area contributed by atoms with E-state index < -0.39 is 11.7 Å². The van der Waals surface area contributed by atoms with E-state index in [1.54, 1.807) is 19.2 Å². The molecule has 1 N–H and O–H groups in total. The molecule has 2 aromatic rings. The Kier molecular flexibility index (Phi) is 4.73. The maximum atomic E-state index is 12.3. The standard InChI is InChI=1S/C17H23N3O3/c1-6-13(20(5)16(22)23-17(2,3)4)14-11-9-7-8-10-12(11)15(21)19-18-14/h7-10,13H,6H2,1-5H3,(H,19,21). The number of nitrogens with one attached hydrogen (secondary N) is 1. The average Bonchev–Trinajstić information content (AvgIpc) is 2.48. The molecule has 6 heteroatoms. The van der Waals surface area contributed by atoms with Gasteiger partial charge in [0.25, 0.3) is 5.56 Å². The predicted molar refractivity (Wildman–Crippen MR) is 89.4 cm³/mol. The monoisotopic (exact) mass is 317 g/mol. The van der Waals surface area contributed by atoms with Crippen LogP contribution in [-0.2, 0) is 4.74 Å². The number of aromatic amines is 1. The second-order valence-electron chi connectivity index (χ2n) is 6.50. The maximum Gasteiger partial charge on any atom is 0.410 e. The van der Waals surface area contributed by atoms with Gasteiger partial charge in [-0.2, -0.15) is 5.10 Å². The van der Waals surface area contributed by atoms with Gasteiger partial charge < -0.3 is 9.64 Å². The number of hydrogen-bond acceptors (Lipinski definition) is 4. The van der Waals surface area contributed by atoms with Crippen LogP contribution in [0.2, 0.25) is 0 Å². The van der Waals surface area contributed by atoms with Gasteiger partial charge in [0.15, 0.2) is 0 Å². The van der Waals surface area contributed by atoms with Crippen LogP contribution in [0.25, 0.3) is 10.8 Å². The second-order valence-corrected chi connectivity index (χ2v) is 6.50. The minimum atomic E-state index is -0.565. The molecule has 1 aromatic heterocycles. The zero-order valence-electron chi connectivity index (χ0n) is 14.2. The first kappa shape index (κ1) is 17.0. The van der Waals surface area contributed by atoms with Gasteiger partial charge in [-0.3, -0.25) is 4.79 Å². The van der Waals surface area contributed by atoms with Crippen LogP contribution in [0, 0.1) is 0 Å². The van der Waals surface area contributed by atoms with Crippen molar-refractivity contribution in [1.29, 1.82) is 0 Å². The van der Waals surface area contributed by atoms with Gasteiger partial charge in [-0.25, -0.2) is 9.89 Å². The van der Waals surface area contributed by atoms with Crippen LogP contribution in [0.4, 0.5) is 4.79 Å². The van der Waals surface area contributed by atoms with E-state index in [1.165, 1.54) is 4.90 Å². The fourth-order valence-corrected chi connectivity index (χ4v) is 2.50. The summed E-state index contributed by atoms with van der Waals surface area (Å²) in [7, 11) is 1.68. The van der Waals surface area contributed by atoms with Crippen LogP contribution < -0.4 is 5.56 Å². The Morgan fingerprint density at radius 3 is 2.48 bits per heavy atom. The highest BCUT2D eigenvalue weighted by Crippen LogP contribution is 2.27. The first-order chi connectivity index (χ1) is 10.7. The van der Waals surface area contributed by atoms with Crippen molar-refractivity contribution in [3.05, 3.63) is 40.3 Å². The molecule has 0 aliphatic carbocycles. The van der Waals surface area contributed by atoms with Crippen LogP contribution >= 0.6 is 0 Å². The van der Waals surface area contributed by atoms with Crippen molar-refractivity contribution in [2.24, 2.45) is 0 Å². The Bertz CT molecular complexity index is 762. The van der Waals surface area contributed by atoms with Crippen molar-refractivity contribution < 1.29 is 9.53 Å². The summed E-state index contributed by atoms with van der Waals surface area (Å²) < 4.78 is 5.43. The van der Waals surface area contributed by atoms with E-state index in [1.807, 2.05) is 39.8 Å². The molecule has 1 aromatic carbocycles. The Labute approximate surface area is 135 Å². The van der Waals surface area contributed by atoms with Crippen molar-refractivity contribution >= 4 is 16.9 Å². The van der Waals surface area contributed by atoms with Gasteiger partial charge in [0.2, 0.25) is 0 Å². The first-order valence-corrected chi connectivity index (χ1v) is 7.67. The molecule has 0 radical (unpaired) electrons. The Morgan fingerprint density at radius 2 is 1.91 bits per heavy atom. The van der Waals surface area contributed by atoms with Crippen LogP contribution in [0.1, 0.15) is 45.9 Å². The molecule has 0 aliphatic heterocycles. The molecule has 0 saturated heterocycles. The highest BCUT2D eigenvalue weighted by molar-refractivity contribution is 5.84. The van der Waals surface area contributed by atoms with Crippen molar-refractivity contribution in [2.75, 3.05) is 7.05 Å². The van der Waals surface area contributed by atoms with E-state index in [0.717, 1.165) is 5.39 Å². The smallest absolute Gasteiger partial charge is 0.410 e. The molecule has 0 bridgehead atoms. The van der Waals surface area contributed by atoms with Gasteiger partial charge in [-0.15, -0.1) is 0 Å². The summed E-state index contributed by atoms with van der Waals surface area (Å²) in [6.45, 7) is 7.45. The van der Waals surface area contributed by atoms with Crippen molar-refractivity contribution in [3.63, 3.8) is 0 Å². The molecule has 1 heterocycles. The van der Waals surface area contributed by atoms with Gasteiger partial charge in [0.1, 0.15) is 5.60 Å². The molecule has 1 atom stereocenters. The average molecular weight is 317 g/mol. The van der Waals surface area contributed by atoms with E-state index in [9.17, 15) is 9.59 Å². The first-order valence-electron chi connectivity index (χ1n) is 7.67. The molecule has 0 spiro atoms. The van der Waals surface area contributed by atoms with E-state index in [-0.39, 0.29) is 11.6 Å². The summed E-state index contributed by atoms with van der Waals surface area (Å²) in [5.41, 5.74) is -0.139. The molecule has 23 heavy (non-hydrogen) atoms. The minimum Gasteiger partial charge on any atom is -0.444 e. The molecule has 124 valence electrons. The number of aromatic nitrogens is 2. The Balaban J connectivity index is 2.44. The largest absolute Gasteiger partial charge is 0.444 e. The summed E-state index contributed by atoms with van der Waals surface area (Å²) >= 11 is 0. The molecular formula is C17H23N3O3. The van der Waals surface area contributed by atoms with Crippen LogP contribution in [0.5, 0.6) is 0 Å². The van der Waals surface area contributed by atoms with Gasteiger partial charge in [0.05, 0.1) is 17.1 Å². The van der Waals surface area contributed by atoms with Crippen molar-refractivity contribution in [2.45, 2.75) is 45.8 Å². The zero-order chi connectivity index (χ0) is 17.2. The number of fused-ring (bicyclic) bond motifs is 1. The fourth-order valence-electron chi connectivity index (χ4n) is 2.50. The SMILES string of the molecule is CCC(c1n[nH]c(=O)c2ccccc12)N(C)C(=O)OC(C)(C)C. The summed E-state index contributed by atoms with van der Waals surface area (Å²) in [5.74, 6) is 0. The van der Waals surface area contributed by atoms with E-state index in [0.29, 0.717) is 17.5 Å². The predicted octanol–water partition coefficient (Wildman–Crippen LogP) is 3.24. The van der Waals surface area contributed by atoms with Gasteiger partial charge in [-0.1, -0.05) is 25.1 Å². The quantitative estimate of drug-likeness (QED) is 0.943. The molecule has 0 aliphatic rings. The number of rotatable bonds is 3. The van der Waals surface area contributed by atoms with Crippen molar-refractivity contribution in [3.8, 4) is 0 Å². The fraction of sp³-hybridized carbons (Fsp3) is 0.471. The maximum absolute atomic E-state index is 12.3. The lowest BCUT2D eigenvalue weighted by molar-refractivity contribution is 0.0212. The van der Waals surface area contributed by atoms with Crippen LogP contribution in [0.15, 0.2) is 29.1 Å². The number of carbonyl (C=O) groups excluding carboxylic acids is 1. The molecule has 1 amide bonds. The summed E-state index contributed by atoms with van der Waals surface area (Å²) in [4.78, 5) is 25.8. The van der Waals surface area contributed by atoms with Gasteiger partial charge in [0, 0.05) is 12.4 Å². The molecule has 0 saturated carbocycles. The molecule has 2 rings (SSSR count). The highest BCUT2D eigenvalue weighted by atomic mass is 16.6. The van der Waals surface area contributed by atoms with Crippen molar-refractivity contribution in [1.82, 2.24) is 15.1 Å². The lowest BCUT2D eigenvalue weighted by Crippen LogP contribution is -2.37. The highest BCUT2D eigenvalue weighted by Gasteiger charge is 2.27. The number of nitrogens with zero attached hydrogens (tertiary/aromatic N) is 2. The van der Waals surface area contributed by atoms with Gasteiger partial charge in [-0.05, 0) is 33.3 Å². The summed E-state index contributed by atoms with van der Waals surface area (Å²) in [6, 6.07) is 6.97. The summed E-state index contributed by atoms with van der Waals surface area (Å²) in [6.07, 6.45) is 0.236. The third kappa shape index (κ3) is 3.70. The molecule has 6 nitrogen and oxygen atoms in total. The number of carbonyl (C=O) groups is 1. The number of hydrogen-bond donors (Lipinski definition) is 1. The lowest BCUT2D eigenvalue weighted by Gasteiger charge is -2.30. The minimum absolute atomic E-state index is 0.237.